The second kappa shape index (κ2) is 8.64. The first-order chi connectivity index (χ1) is 9.52. The van der Waals surface area contributed by atoms with Gasteiger partial charge in [-0.2, -0.15) is 0 Å². The molecule has 0 aliphatic rings. The molecule has 1 aromatic rings. The molecule has 1 aromatic carbocycles. The molecule has 3 nitrogen and oxygen atoms in total. The zero-order valence-electron chi connectivity index (χ0n) is 13.2. The Balaban J connectivity index is 2.67. The highest BCUT2D eigenvalue weighted by Crippen LogP contribution is 2.25. The van der Waals surface area contributed by atoms with Crippen molar-refractivity contribution < 1.29 is 9.47 Å². The molecule has 0 heterocycles. The summed E-state index contributed by atoms with van der Waals surface area (Å²) in [6.07, 6.45) is 0.871. The molecule has 1 rings (SSSR count). The van der Waals surface area contributed by atoms with Gasteiger partial charge in [0, 0.05) is 24.6 Å². The molecule has 0 bridgehead atoms. The summed E-state index contributed by atoms with van der Waals surface area (Å²) in [5.41, 5.74) is 2.29. The van der Waals surface area contributed by atoms with Gasteiger partial charge in [0.25, 0.3) is 0 Å². The number of methoxy groups -OCH3 is 1. The molecule has 0 atom stereocenters. The van der Waals surface area contributed by atoms with Crippen LogP contribution in [0.1, 0.15) is 32.8 Å². The molecular formula is C17H27NO2. The van der Waals surface area contributed by atoms with Crippen LogP contribution in [0.4, 0.5) is 0 Å². The van der Waals surface area contributed by atoms with Crippen LogP contribution in [0, 0.1) is 5.92 Å². The van der Waals surface area contributed by atoms with E-state index in [1.165, 1.54) is 0 Å². The van der Waals surface area contributed by atoms with Gasteiger partial charge in [0.05, 0.1) is 13.7 Å². The van der Waals surface area contributed by atoms with Crippen molar-refractivity contribution in [3.05, 3.63) is 35.9 Å². The van der Waals surface area contributed by atoms with Gasteiger partial charge in [0.1, 0.15) is 11.5 Å². The maximum absolute atomic E-state index is 5.87. The molecule has 0 aliphatic heterocycles. The lowest BCUT2D eigenvalue weighted by Crippen LogP contribution is -2.19. The van der Waals surface area contributed by atoms with Crippen LogP contribution in [0.5, 0.6) is 11.5 Å². The van der Waals surface area contributed by atoms with Crippen molar-refractivity contribution in [1.29, 1.82) is 0 Å². The van der Waals surface area contributed by atoms with Crippen LogP contribution < -0.4 is 14.8 Å². The number of hydrogen-bond acceptors (Lipinski definition) is 3. The van der Waals surface area contributed by atoms with E-state index < -0.39 is 0 Å². The predicted octanol–water partition coefficient (Wildman–Crippen LogP) is 3.79. The van der Waals surface area contributed by atoms with Crippen LogP contribution >= 0.6 is 0 Å². The molecule has 0 unspecified atom stereocenters. The summed E-state index contributed by atoms with van der Waals surface area (Å²) in [5.74, 6) is 2.35. The second-order valence-electron chi connectivity index (χ2n) is 5.55. The smallest absolute Gasteiger partial charge is 0.127 e. The largest absolute Gasteiger partial charge is 0.497 e. The highest BCUT2D eigenvalue weighted by Gasteiger charge is 2.06. The first-order valence-corrected chi connectivity index (χ1v) is 7.17. The lowest BCUT2D eigenvalue weighted by molar-refractivity contribution is 0.314. The van der Waals surface area contributed by atoms with Gasteiger partial charge in [0.2, 0.25) is 0 Å². The zero-order chi connectivity index (χ0) is 15.0. The summed E-state index contributed by atoms with van der Waals surface area (Å²) >= 11 is 0. The van der Waals surface area contributed by atoms with E-state index in [1.54, 1.807) is 7.11 Å². The van der Waals surface area contributed by atoms with Gasteiger partial charge in [-0.05, 0) is 25.5 Å². The van der Waals surface area contributed by atoms with E-state index in [0.29, 0.717) is 12.5 Å². The van der Waals surface area contributed by atoms with Gasteiger partial charge in [0.15, 0.2) is 0 Å². The molecule has 1 N–H and O–H groups in total. The zero-order valence-corrected chi connectivity index (χ0v) is 13.2. The quantitative estimate of drug-likeness (QED) is 0.697. The van der Waals surface area contributed by atoms with Gasteiger partial charge in [-0.25, -0.2) is 0 Å². The Morgan fingerprint density at radius 3 is 2.70 bits per heavy atom. The summed E-state index contributed by atoms with van der Waals surface area (Å²) in [4.78, 5) is 0. The van der Waals surface area contributed by atoms with Crippen LogP contribution in [-0.2, 0) is 6.54 Å². The van der Waals surface area contributed by atoms with Gasteiger partial charge in [-0.15, -0.1) is 6.58 Å². The number of ether oxygens (including phenoxy) is 2. The Bertz CT molecular complexity index is 427. The molecule has 0 radical (unpaired) electrons. The summed E-state index contributed by atoms with van der Waals surface area (Å²) in [7, 11) is 1.67. The Morgan fingerprint density at radius 1 is 1.35 bits per heavy atom. The normalized spacial score (nSPS) is 10.7. The van der Waals surface area contributed by atoms with Gasteiger partial charge in [-0.3, -0.25) is 0 Å². The van der Waals surface area contributed by atoms with Crippen LogP contribution in [0.2, 0.25) is 0 Å². The topological polar surface area (TPSA) is 30.5 Å². The maximum atomic E-state index is 5.87. The summed E-state index contributed by atoms with van der Waals surface area (Å²) in [6, 6.07) is 5.98. The highest BCUT2D eigenvalue weighted by atomic mass is 16.5. The molecule has 0 fully saturated rings. The Hall–Kier alpha value is -1.48. The van der Waals surface area contributed by atoms with E-state index >= 15 is 0 Å². The average Bonchev–Trinajstić information content (AvgIpc) is 2.39. The molecule has 0 spiro atoms. The molecular weight excluding hydrogens is 250 g/mol. The van der Waals surface area contributed by atoms with E-state index in [1.807, 2.05) is 19.1 Å². The summed E-state index contributed by atoms with van der Waals surface area (Å²) < 4.78 is 11.1. The fourth-order valence-corrected chi connectivity index (χ4v) is 1.77. The van der Waals surface area contributed by atoms with Crippen molar-refractivity contribution >= 4 is 0 Å². The standard InChI is InChI=1S/C17H27NO2/c1-13(2)8-9-20-17-10-16(19-5)7-6-15(17)12-18-11-14(3)4/h6-7,10,14,18H,1,8-9,11-12H2,2-5H3. The Labute approximate surface area is 123 Å². The van der Waals surface area contributed by atoms with Crippen molar-refractivity contribution in [3.63, 3.8) is 0 Å². The molecule has 0 aromatic heterocycles. The van der Waals surface area contributed by atoms with Gasteiger partial charge in [-0.1, -0.05) is 25.5 Å². The molecule has 112 valence electrons. The fourth-order valence-electron chi connectivity index (χ4n) is 1.77. The minimum Gasteiger partial charge on any atom is -0.497 e. The third-order valence-corrected chi connectivity index (χ3v) is 2.93. The maximum Gasteiger partial charge on any atom is 0.127 e. The SMILES string of the molecule is C=C(C)CCOc1cc(OC)ccc1CNCC(C)C. The monoisotopic (exact) mass is 277 g/mol. The number of nitrogens with one attached hydrogen (secondary N) is 1. The number of benzene rings is 1. The van der Waals surface area contributed by atoms with E-state index in [0.717, 1.165) is 42.1 Å². The van der Waals surface area contributed by atoms with Gasteiger partial charge < -0.3 is 14.8 Å². The molecule has 20 heavy (non-hydrogen) atoms. The van der Waals surface area contributed by atoms with Gasteiger partial charge >= 0.3 is 0 Å². The van der Waals surface area contributed by atoms with E-state index in [9.17, 15) is 0 Å². The molecule has 0 aliphatic carbocycles. The molecule has 0 saturated heterocycles. The molecule has 3 heteroatoms. The minimum atomic E-state index is 0.640. The van der Waals surface area contributed by atoms with E-state index in [4.69, 9.17) is 9.47 Å². The third-order valence-electron chi connectivity index (χ3n) is 2.93. The summed E-state index contributed by atoms with van der Waals surface area (Å²) in [6.45, 7) is 12.8. The van der Waals surface area contributed by atoms with E-state index in [-0.39, 0.29) is 0 Å². The summed E-state index contributed by atoms with van der Waals surface area (Å²) in [5, 5.41) is 3.44. The van der Waals surface area contributed by atoms with Crippen LogP contribution in [0.25, 0.3) is 0 Å². The van der Waals surface area contributed by atoms with Crippen LogP contribution in [0.3, 0.4) is 0 Å². The van der Waals surface area contributed by atoms with Crippen molar-refractivity contribution in [2.45, 2.75) is 33.7 Å². The van der Waals surface area contributed by atoms with Crippen molar-refractivity contribution in [1.82, 2.24) is 5.32 Å². The predicted molar refractivity (Wildman–Crippen MR) is 84.5 cm³/mol. The lowest BCUT2D eigenvalue weighted by atomic mass is 10.1. The van der Waals surface area contributed by atoms with Crippen molar-refractivity contribution in [2.24, 2.45) is 5.92 Å². The number of hydrogen-bond donors (Lipinski definition) is 1. The molecule has 0 amide bonds. The fraction of sp³-hybridized carbons (Fsp3) is 0.529. The third kappa shape index (κ3) is 6.11. The van der Waals surface area contributed by atoms with Crippen molar-refractivity contribution in [2.75, 3.05) is 20.3 Å². The lowest BCUT2D eigenvalue weighted by Gasteiger charge is -2.14. The Morgan fingerprint density at radius 2 is 2.10 bits per heavy atom. The second-order valence-corrected chi connectivity index (χ2v) is 5.55. The van der Waals surface area contributed by atoms with Crippen molar-refractivity contribution in [3.8, 4) is 11.5 Å². The first-order valence-electron chi connectivity index (χ1n) is 7.17. The molecule has 0 saturated carbocycles. The average molecular weight is 277 g/mol. The Kier molecular flexibility index (Phi) is 7.16. The van der Waals surface area contributed by atoms with Crippen LogP contribution in [-0.4, -0.2) is 20.3 Å². The van der Waals surface area contributed by atoms with Crippen LogP contribution in [0.15, 0.2) is 30.4 Å². The number of rotatable bonds is 9. The first kappa shape index (κ1) is 16.6. The van der Waals surface area contributed by atoms with E-state index in [2.05, 4.69) is 31.8 Å². The highest BCUT2D eigenvalue weighted by molar-refractivity contribution is 5.40. The minimum absolute atomic E-state index is 0.640.